The summed E-state index contributed by atoms with van der Waals surface area (Å²) in [6, 6.07) is 0. The Labute approximate surface area is 143 Å². The van der Waals surface area contributed by atoms with E-state index in [1.165, 1.54) is 37.1 Å². The Hall–Kier alpha value is -1.95. The summed E-state index contributed by atoms with van der Waals surface area (Å²) in [5.74, 6) is 0.838. The number of likely N-dealkylation sites (tertiary alicyclic amines) is 1. The highest BCUT2D eigenvalue weighted by Gasteiger charge is 2.43. The number of aromatic nitrogens is 4. The van der Waals surface area contributed by atoms with Crippen molar-refractivity contribution < 1.29 is 0 Å². The average Bonchev–Trinajstić information content (AvgIpc) is 3.22. The van der Waals surface area contributed by atoms with Crippen molar-refractivity contribution in [3.8, 4) is 0 Å². The van der Waals surface area contributed by atoms with Gasteiger partial charge in [-0.3, -0.25) is 0 Å². The van der Waals surface area contributed by atoms with Gasteiger partial charge in [-0.25, -0.2) is 15.0 Å². The van der Waals surface area contributed by atoms with Crippen LogP contribution in [0.25, 0.3) is 0 Å². The first-order chi connectivity index (χ1) is 11.7. The van der Waals surface area contributed by atoms with Crippen molar-refractivity contribution in [3.63, 3.8) is 0 Å². The van der Waals surface area contributed by atoms with E-state index in [1.54, 1.807) is 0 Å². The second-order valence-electron chi connectivity index (χ2n) is 7.40. The van der Waals surface area contributed by atoms with Gasteiger partial charge in [0, 0.05) is 57.7 Å². The number of hydrogen-bond donors (Lipinski definition) is 0. The molecule has 3 heterocycles. The highest BCUT2D eigenvalue weighted by atomic mass is 15.2. The van der Waals surface area contributed by atoms with Gasteiger partial charge >= 0.3 is 0 Å². The molecular weight excluding hydrogens is 300 g/mol. The van der Waals surface area contributed by atoms with Crippen molar-refractivity contribution in [2.45, 2.75) is 37.6 Å². The van der Waals surface area contributed by atoms with Gasteiger partial charge in [0.15, 0.2) is 0 Å². The van der Waals surface area contributed by atoms with Crippen LogP contribution in [0.4, 0.5) is 5.95 Å². The number of fused-ring (bicyclic) bond motifs is 2. The molecule has 2 aliphatic rings. The Morgan fingerprint density at radius 2 is 2.17 bits per heavy atom. The predicted octanol–water partition coefficient (Wildman–Crippen LogP) is 1.72. The van der Waals surface area contributed by atoms with E-state index in [9.17, 15) is 0 Å². The van der Waals surface area contributed by atoms with Gasteiger partial charge in [0.2, 0.25) is 5.95 Å². The van der Waals surface area contributed by atoms with E-state index >= 15 is 0 Å². The van der Waals surface area contributed by atoms with E-state index in [2.05, 4.69) is 25.6 Å². The van der Waals surface area contributed by atoms with Gasteiger partial charge in [-0.15, -0.1) is 0 Å². The van der Waals surface area contributed by atoms with Crippen LogP contribution in [0.3, 0.4) is 0 Å². The molecule has 2 aromatic heterocycles. The molecule has 0 amide bonds. The maximum Gasteiger partial charge on any atom is 0.225 e. The molecule has 1 fully saturated rings. The third-order valence-corrected chi connectivity index (χ3v) is 5.52. The predicted molar refractivity (Wildman–Crippen MR) is 94.3 cm³/mol. The highest BCUT2D eigenvalue weighted by Crippen LogP contribution is 2.44. The molecule has 1 aliphatic carbocycles. The molecule has 0 N–H and O–H groups in total. The van der Waals surface area contributed by atoms with Crippen molar-refractivity contribution in [1.82, 2.24) is 24.4 Å². The summed E-state index contributed by atoms with van der Waals surface area (Å²) in [6.45, 7) is 4.41. The topological polar surface area (TPSA) is 50.1 Å². The molecule has 1 atom stereocenters. The molecule has 0 aromatic carbocycles. The minimum Gasteiger partial charge on any atom is -0.347 e. The van der Waals surface area contributed by atoms with Crippen molar-refractivity contribution >= 4 is 5.95 Å². The van der Waals surface area contributed by atoms with Gasteiger partial charge in [-0.05, 0) is 37.8 Å². The molecule has 6 heteroatoms. The molecule has 1 saturated heterocycles. The fourth-order valence-corrected chi connectivity index (χ4v) is 4.24. The average molecular weight is 326 g/mol. The summed E-state index contributed by atoms with van der Waals surface area (Å²) in [5, 5.41) is 0. The number of nitrogens with zero attached hydrogens (tertiary/aromatic N) is 6. The number of rotatable bonds is 4. The molecule has 128 valence electrons. The van der Waals surface area contributed by atoms with E-state index < -0.39 is 0 Å². The lowest BCUT2D eigenvalue weighted by Crippen LogP contribution is -2.46. The summed E-state index contributed by atoms with van der Waals surface area (Å²) in [7, 11) is 4.03. The van der Waals surface area contributed by atoms with Crippen molar-refractivity contribution in [1.29, 1.82) is 0 Å². The third kappa shape index (κ3) is 2.79. The fraction of sp³-hybridized carbons (Fsp3) is 0.611. The zero-order chi connectivity index (χ0) is 16.6. The maximum atomic E-state index is 4.95. The van der Waals surface area contributed by atoms with Crippen LogP contribution in [0.5, 0.6) is 0 Å². The Morgan fingerprint density at radius 1 is 1.25 bits per heavy atom. The van der Waals surface area contributed by atoms with Crippen LogP contribution in [0.15, 0.2) is 24.9 Å². The number of aryl methyl sites for hydroxylation is 1. The summed E-state index contributed by atoms with van der Waals surface area (Å²) in [5.41, 5.74) is 2.90. The third-order valence-electron chi connectivity index (χ3n) is 5.52. The quantitative estimate of drug-likeness (QED) is 0.856. The van der Waals surface area contributed by atoms with E-state index in [0.29, 0.717) is 0 Å². The zero-order valence-electron chi connectivity index (χ0n) is 14.6. The Kier molecular flexibility index (Phi) is 4.00. The Morgan fingerprint density at radius 3 is 2.96 bits per heavy atom. The molecular formula is C18H26N6. The number of imidazole rings is 1. The van der Waals surface area contributed by atoms with Gasteiger partial charge in [-0.1, -0.05) is 0 Å². The molecule has 0 radical (unpaired) electrons. The van der Waals surface area contributed by atoms with E-state index in [0.717, 1.165) is 32.0 Å². The van der Waals surface area contributed by atoms with Crippen LogP contribution >= 0.6 is 0 Å². The summed E-state index contributed by atoms with van der Waals surface area (Å²) >= 11 is 0. The first-order valence-corrected chi connectivity index (χ1v) is 8.88. The van der Waals surface area contributed by atoms with E-state index in [-0.39, 0.29) is 5.41 Å². The Bertz CT molecular complexity index is 692. The van der Waals surface area contributed by atoms with Crippen LogP contribution in [0.2, 0.25) is 0 Å². The van der Waals surface area contributed by atoms with Crippen molar-refractivity contribution in [3.05, 3.63) is 36.2 Å². The SMILES string of the molecule is CN(C)c1ncc2c(n1)C1(CCCN(CCn3ccnc3)C1)CC2. The van der Waals surface area contributed by atoms with Gasteiger partial charge < -0.3 is 14.4 Å². The summed E-state index contributed by atoms with van der Waals surface area (Å²) in [6.07, 6.45) is 12.7. The minimum atomic E-state index is 0.232. The first kappa shape index (κ1) is 15.6. The van der Waals surface area contributed by atoms with Crippen LogP contribution in [0.1, 0.15) is 30.5 Å². The lowest BCUT2D eigenvalue weighted by Gasteiger charge is -2.40. The number of anilines is 1. The monoisotopic (exact) mass is 326 g/mol. The standard InChI is InChI=1S/C18H26N6/c1-22(2)17-20-12-15-4-6-18(16(15)21-17)5-3-8-23(13-18)10-11-24-9-7-19-14-24/h7,9,12,14H,3-6,8,10-11,13H2,1-2H3. The second kappa shape index (κ2) is 6.16. The van der Waals surface area contributed by atoms with Crippen LogP contribution in [-0.2, 0) is 18.4 Å². The van der Waals surface area contributed by atoms with Crippen LogP contribution in [0, 0.1) is 0 Å². The van der Waals surface area contributed by atoms with Crippen molar-refractivity contribution in [2.24, 2.45) is 0 Å². The fourth-order valence-electron chi connectivity index (χ4n) is 4.24. The molecule has 1 unspecified atom stereocenters. The normalized spacial score (nSPS) is 23.6. The molecule has 0 saturated carbocycles. The zero-order valence-corrected chi connectivity index (χ0v) is 14.6. The van der Waals surface area contributed by atoms with Gasteiger partial charge in [0.1, 0.15) is 0 Å². The molecule has 1 spiro atoms. The molecule has 24 heavy (non-hydrogen) atoms. The minimum absolute atomic E-state index is 0.232. The lowest BCUT2D eigenvalue weighted by molar-refractivity contribution is 0.139. The summed E-state index contributed by atoms with van der Waals surface area (Å²) < 4.78 is 2.16. The number of piperidine rings is 1. The smallest absolute Gasteiger partial charge is 0.225 e. The first-order valence-electron chi connectivity index (χ1n) is 8.88. The van der Waals surface area contributed by atoms with E-state index in [4.69, 9.17) is 4.98 Å². The lowest BCUT2D eigenvalue weighted by atomic mass is 9.77. The molecule has 0 bridgehead atoms. The largest absolute Gasteiger partial charge is 0.347 e. The van der Waals surface area contributed by atoms with Gasteiger partial charge in [0.25, 0.3) is 0 Å². The molecule has 4 rings (SSSR count). The van der Waals surface area contributed by atoms with Gasteiger partial charge in [0.05, 0.1) is 12.0 Å². The molecule has 6 nitrogen and oxygen atoms in total. The van der Waals surface area contributed by atoms with Crippen molar-refractivity contribution in [2.75, 3.05) is 38.6 Å². The second-order valence-corrected chi connectivity index (χ2v) is 7.40. The summed E-state index contributed by atoms with van der Waals surface area (Å²) in [4.78, 5) is 18.2. The molecule has 2 aromatic rings. The Balaban J connectivity index is 1.52. The van der Waals surface area contributed by atoms with Crippen LogP contribution < -0.4 is 4.90 Å². The highest BCUT2D eigenvalue weighted by molar-refractivity contribution is 5.39. The van der Waals surface area contributed by atoms with Gasteiger partial charge in [-0.2, -0.15) is 0 Å². The molecule has 1 aliphatic heterocycles. The maximum absolute atomic E-state index is 4.95. The van der Waals surface area contributed by atoms with E-state index in [1.807, 2.05) is 37.7 Å². The number of hydrogen-bond acceptors (Lipinski definition) is 5. The van der Waals surface area contributed by atoms with Crippen LogP contribution in [-0.4, -0.2) is 58.1 Å².